The number of carbonyl (C=O) groups excluding carboxylic acids is 3. The summed E-state index contributed by atoms with van der Waals surface area (Å²) in [6.07, 6.45) is 6.34. The minimum atomic E-state index is -0.779. The van der Waals surface area contributed by atoms with Gasteiger partial charge in [0.05, 0.1) is 0 Å². The van der Waals surface area contributed by atoms with E-state index in [1.165, 1.54) is 12.1 Å². The molecular formula is C21H27FN4O3. The van der Waals surface area contributed by atoms with Crippen molar-refractivity contribution in [1.29, 1.82) is 0 Å². The standard InChI is InChI=1S/C21H27FN4O3/c22-15-12-16(14-17(13-15)25-9-4-5-10-25)23-18(27)6-11-26-19(28)21(24-20(26)29)7-2-1-3-8-21/h12-14H,1-11H2,(H,23,27)(H,24,29). The number of nitrogens with zero attached hydrogens (tertiary/aromatic N) is 2. The molecule has 4 amide bonds. The number of rotatable bonds is 5. The SMILES string of the molecule is O=C(CCN1C(=O)NC2(CCCCC2)C1=O)Nc1cc(F)cc(N2CCCC2)c1. The zero-order valence-electron chi connectivity index (χ0n) is 16.5. The number of halogens is 1. The fourth-order valence-electron chi connectivity index (χ4n) is 4.61. The summed E-state index contributed by atoms with van der Waals surface area (Å²) < 4.78 is 14.0. The van der Waals surface area contributed by atoms with E-state index >= 15 is 0 Å². The maximum Gasteiger partial charge on any atom is 0.325 e. The normalized spacial score (nSPS) is 21.0. The topological polar surface area (TPSA) is 81.8 Å². The molecule has 1 aliphatic carbocycles. The predicted octanol–water partition coefficient (Wildman–Crippen LogP) is 3.01. The molecule has 8 heteroatoms. The third kappa shape index (κ3) is 4.06. The van der Waals surface area contributed by atoms with Crippen molar-refractivity contribution < 1.29 is 18.8 Å². The Morgan fingerprint density at radius 1 is 1.07 bits per heavy atom. The van der Waals surface area contributed by atoms with Crippen molar-refractivity contribution in [3.8, 4) is 0 Å². The van der Waals surface area contributed by atoms with Gasteiger partial charge in [-0.1, -0.05) is 19.3 Å². The van der Waals surface area contributed by atoms with Crippen LogP contribution >= 0.6 is 0 Å². The summed E-state index contributed by atoms with van der Waals surface area (Å²) in [5.41, 5.74) is 0.364. The molecule has 4 rings (SSSR count). The highest BCUT2D eigenvalue weighted by molar-refractivity contribution is 6.07. The van der Waals surface area contributed by atoms with Gasteiger partial charge in [0.1, 0.15) is 11.4 Å². The molecule has 29 heavy (non-hydrogen) atoms. The molecule has 1 aromatic carbocycles. The molecule has 3 aliphatic rings. The van der Waals surface area contributed by atoms with Crippen LogP contribution in [0.4, 0.5) is 20.6 Å². The van der Waals surface area contributed by atoms with Crippen LogP contribution in [0.5, 0.6) is 0 Å². The molecule has 2 heterocycles. The van der Waals surface area contributed by atoms with E-state index in [0.717, 1.165) is 55.8 Å². The van der Waals surface area contributed by atoms with E-state index in [0.29, 0.717) is 18.5 Å². The first kappa shape index (κ1) is 19.7. The lowest BCUT2D eigenvalue weighted by Crippen LogP contribution is -2.48. The Morgan fingerprint density at radius 3 is 2.52 bits per heavy atom. The van der Waals surface area contributed by atoms with Crippen molar-refractivity contribution in [2.45, 2.75) is 56.9 Å². The molecule has 0 unspecified atom stereocenters. The highest BCUT2D eigenvalue weighted by atomic mass is 19.1. The van der Waals surface area contributed by atoms with Crippen molar-refractivity contribution >= 4 is 29.2 Å². The van der Waals surface area contributed by atoms with E-state index in [1.807, 2.05) is 0 Å². The van der Waals surface area contributed by atoms with Gasteiger partial charge in [-0.3, -0.25) is 14.5 Å². The lowest BCUT2D eigenvalue weighted by molar-refractivity contribution is -0.132. The Bertz CT molecular complexity index is 816. The van der Waals surface area contributed by atoms with Crippen LogP contribution in [-0.2, 0) is 9.59 Å². The Hall–Kier alpha value is -2.64. The number of anilines is 2. The highest BCUT2D eigenvalue weighted by Gasteiger charge is 2.51. The van der Waals surface area contributed by atoms with Crippen LogP contribution in [0.25, 0.3) is 0 Å². The molecule has 0 bridgehead atoms. The van der Waals surface area contributed by atoms with Crippen molar-refractivity contribution in [1.82, 2.24) is 10.2 Å². The number of imide groups is 1. The molecular weight excluding hydrogens is 375 g/mol. The number of carbonyl (C=O) groups is 3. The molecule has 0 aromatic heterocycles. The maximum atomic E-state index is 14.0. The summed E-state index contributed by atoms with van der Waals surface area (Å²) in [5.74, 6) is -0.983. The van der Waals surface area contributed by atoms with E-state index in [-0.39, 0.29) is 24.8 Å². The first-order valence-electron chi connectivity index (χ1n) is 10.5. The van der Waals surface area contributed by atoms with Crippen molar-refractivity contribution in [2.24, 2.45) is 0 Å². The summed E-state index contributed by atoms with van der Waals surface area (Å²) in [6.45, 7) is 1.78. The van der Waals surface area contributed by atoms with Crippen LogP contribution in [0.15, 0.2) is 18.2 Å². The molecule has 1 saturated carbocycles. The van der Waals surface area contributed by atoms with Crippen LogP contribution in [0.1, 0.15) is 51.4 Å². The lowest BCUT2D eigenvalue weighted by atomic mass is 9.82. The Kier molecular flexibility index (Phi) is 5.43. The molecule has 2 N–H and O–H groups in total. The first-order chi connectivity index (χ1) is 14.0. The van der Waals surface area contributed by atoms with E-state index in [1.54, 1.807) is 6.07 Å². The van der Waals surface area contributed by atoms with Gasteiger partial charge in [-0.15, -0.1) is 0 Å². The molecule has 1 aromatic rings. The Morgan fingerprint density at radius 2 is 1.79 bits per heavy atom. The number of hydrogen-bond donors (Lipinski definition) is 2. The van der Waals surface area contributed by atoms with Crippen LogP contribution in [0.2, 0.25) is 0 Å². The number of hydrogen-bond acceptors (Lipinski definition) is 4. The smallest absolute Gasteiger partial charge is 0.325 e. The molecule has 156 valence electrons. The molecule has 2 aliphatic heterocycles. The van der Waals surface area contributed by atoms with Crippen LogP contribution in [-0.4, -0.2) is 47.9 Å². The van der Waals surface area contributed by atoms with Gasteiger partial charge in [0.25, 0.3) is 5.91 Å². The van der Waals surface area contributed by atoms with Crippen LogP contribution < -0.4 is 15.5 Å². The monoisotopic (exact) mass is 402 g/mol. The predicted molar refractivity (Wildman–Crippen MR) is 107 cm³/mol. The summed E-state index contributed by atoms with van der Waals surface area (Å²) in [4.78, 5) is 40.6. The second kappa shape index (κ2) is 8.00. The number of urea groups is 1. The van der Waals surface area contributed by atoms with Crippen LogP contribution in [0, 0.1) is 5.82 Å². The number of benzene rings is 1. The van der Waals surface area contributed by atoms with Gasteiger partial charge in [0, 0.05) is 37.4 Å². The Labute approximate surface area is 169 Å². The average Bonchev–Trinajstić information content (AvgIpc) is 3.29. The molecule has 2 saturated heterocycles. The maximum absolute atomic E-state index is 14.0. The second-order valence-corrected chi connectivity index (χ2v) is 8.22. The van der Waals surface area contributed by atoms with Gasteiger partial charge in [-0.2, -0.15) is 0 Å². The van der Waals surface area contributed by atoms with Crippen molar-refractivity contribution in [2.75, 3.05) is 29.9 Å². The third-order valence-electron chi connectivity index (χ3n) is 6.15. The third-order valence-corrected chi connectivity index (χ3v) is 6.15. The van der Waals surface area contributed by atoms with Crippen LogP contribution in [0.3, 0.4) is 0 Å². The molecule has 1 spiro atoms. The fourth-order valence-corrected chi connectivity index (χ4v) is 4.61. The molecule has 0 atom stereocenters. The van der Waals surface area contributed by atoms with Crippen molar-refractivity contribution in [3.05, 3.63) is 24.0 Å². The van der Waals surface area contributed by atoms with Crippen molar-refractivity contribution in [3.63, 3.8) is 0 Å². The minimum absolute atomic E-state index is 0.0204. The van der Waals surface area contributed by atoms with E-state index in [4.69, 9.17) is 0 Å². The van der Waals surface area contributed by atoms with Gasteiger partial charge >= 0.3 is 6.03 Å². The zero-order chi connectivity index (χ0) is 20.4. The summed E-state index contributed by atoms with van der Waals surface area (Å²) in [7, 11) is 0. The van der Waals surface area contributed by atoms with E-state index in [2.05, 4.69) is 15.5 Å². The van der Waals surface area contributed by atoms with E-state index < -0.39 is 17.4 Å². The second-order valence-electron chi connectivity index (χ2n) is 8.22. The number of nitrogens with one attached hydrogen (secondary N) is 2. The Balaban J connectivity index is 1.35. The van der Waals surface area contributed by atoms with Gasteiger partial charge in [0.15, 0.2) is 0 Å². The largest absolute Gasteiger partial charge is 0.371 e. The van der Waals surface area contributed by atoms with Gasteiger partial charge in [-0.25, -0.2) is 9.18 Å². The average molecular weight is 402 g/mol. The molecule has 0 radical (unpaired) electrons. The van der Waals surface area contributed by atoms with Gasteiger partial charge < -0.3 is 15.5 Å². The lowest BCUT2D eigenvalue weighted by Gasteiger charge is -2.30. The summed E-state index contributed by atoms with van der Waals surface area (Å²) in [5, 5.41) is 5.54. The highest BCUT2D eigenvalue weighted by Crippen LogP contribution is 2.33. The minimum Gasteiger partial charge on any atom is -0.371 e. The zero-order valence-corrected chi connectivity index (χ0v) is 16.5. The first-order valence-corrected chi connectivity index (χ1v) is 10.5. The van der Waals surface area contributed by atoms with E-state index in [9.17, 15) is 18.8 Å². The quantitative estimate of drug-likeness (QED) is 0.742. The summed E-state index contributed by atoms with van der Waals surface area (Å²) >= 11 is 0. The molecule has 3 fully saturated rings. The molecule has 7 nitrogen and oxygen atoms in total. The fraction of sp³-hybridized carbons (Fsp3) is 0.571. The van der Waals surface area contributed by atoms with Gasteiger partial charge in [0.2, 0.25) is 5.91 Å². The summed E-state index contributed by atoms with van der Waals surface area (Å²) in [6, 6.07) is 4.09. The number of amides is 4. The van der Waals surface area contributed by atoms with Gasteiger partial charge in [-0.05, 0) is 43.9 Å².